The summed E-state index contributed by atoms with van der Waals surface area (Å²) in [7, 11) is 0. The second-order valence-electron chi connectivity index (χ2n) is 6.48. The van der Waals surface area contributed by atoms with Crippen LogP contribution in [0.1, 0.15) is 16.7 Å². The maximum atomic E-state index is 5.92. The zero-order valence-electron chi connectivity index (χ0n) is 14.8. The molecule has 132 valence electrons. The van der Waals surface area contributed by atoms with Gasteiger partial charge in [0.2, 0.25) is 0 Å². The van der Waals surface area contributed by atoms with Gasteiger partial charge in [0.05, 0.1) is 0 Å². The molecule has 0 spiro atoms. The summed E-state index contributed by atoms with van der Waals surface area (Å²) in [6, 6.07) is 14.4. The lowest BCUT2D eigenvalue weighted by Crippen LogP contribution is -2.51. The van der Waals surface area contributed by atoms with Crippen LogP contribution in [0.15, 0.2) is 42.5 Å². The number of thiocarbonyl (C=S) groups is 1. The normalized spacial score (nSPS) is 14.5. The number of halogens is 1. The van der Waals surface area contributed by atoms with E-state index in [1.165, 1.54) is 22.4 Å². The van der Waals surface area contributed by atoms with E-state index in [9.17, 15) is 0 Å². The molecule has 2 aromatic carbocycles. The molecular formula is C20H24ClN3S. The third-order valence-electron chi connectivity index (χ3n) is 4.84. The summed E-state index contributed by atoms with van der Waals surface area (Å²) in [5.74, 6) is 0. The van der Waals surface area contributed by atoms with E-state index in [-0.39, 0.29) is 0 Å². The van der Waals surface area contributed by atoms with Crippen LogP contribution in [0.2, 0.25) is 5.02 Å². The highest BCUT2D eigenvalue weighted by molar-refractivity contribution is 7.80. The first kappa shape index (κ1) is 18.0. The highest BCUT2D eigenvalue weighted by atomic mass is 35.5. The molecule has 1 N–H and O–H groups in total. The fraction of sp³-hybridized carbons (Fsp3) is 0.350. The summed E-state index contributed by atoms with van der Waals surface area (Å²) >= 11 is 11.5. The molecule has 3 rings (SSSR count). The number of benzene rings is 2. The summed E-state index contributed by atoms with van der Waals surface area (Å²) in [5, 5.41) is 4.95. The van der Waals surface area contributed by atoms with E-state index in [2.05, 4.69) is 47.2 Å². The summed E-state index contributed by atoms with van der Waals surface area (Å²) in [6.45, 7) is 8.98. The molecule has 0 aliphatic carbocycles. The Balaban J connectivity index is 1.52. The van der Waals surface area contributed by atoms with Crippen LogP contribution in [0.4, 0.5) is 5.69 Å². The Morgan fingerprint density at radius 3 is 2.40 bits per heavy atom. The van der Waals surface area contributed by atoms with Crippen molar-refractivity contribution in [1.29, 1.82) is 0 Å². The average Bonchev–Trinajstić information content (AvgIpc) is 2.63. The van der Waals surface area contributed by atoms with Gasteiger partial charge in [-0.3, -0.25) is 0 Å². The Morgan fingerprint density at radius 1 is 1.04 bits per heavy atom. The van der Waals surface area contributed by atoms with Crippen molar-refractivity contribution < 1.29 is 0 Å². The Bertz CT molecular complexity index is 737. The minimum atomic E-state index is 0.729. The molecule has 5 heteroatoms. The molecule has 0 aromatic heterocycles. The van der Waals surface area contributed by atoms with Crippen LogP contribution in [0.5, 0.6) is 0 Å². The van der Waals surface area contributed by atoms with Gasteiger partial charge < -0.3 is 15.1 Å². The summed E-state index contributed by atoms with van der Waals surface area (Å²) in [5.41, 5.74) is 5.25. The first-order valence-electron chi connectivity index (χ1n) is 8.63. The molecule has 0 amide bonds. The van der Waals surface area contributed by atoms with Crippen molar-refractivity contribution in [3.63, 3.8) is 0 Å². The second kappa shape index (κ2) is 8.07. The quantitative estimate of drug-likeness (QED) is 0.814. The van der Waals surface area contributed by atoms with E-state index < -0.39 is 0 Å². The predicted molar refractivity (Wildman–Crippen MR) is 111 cm³/mol. The lowest BCUT2D eigenvalue weighted by Gasteiger charge is -2.38. The number of hydrogen-bond donors (Lipinski definition) is 1. The monoisotopic (exact) mass is 373 g/mol. The van der Waals surface area contributed by atoms with E-state index in [4.69, 9.17) is 23.8 Å². The molecule has 0 saturated carbocycles. The molecule has 1 fully saturated rings. The van der Waals surface area contributed by atoms with E-state index in [1.54, 1.807) is 0 Å². The van der Waals surface area contributed by atoms with Crippen molar-refractivity contribution in [2.45, 2.75) is 20.4 Å². The number of rotatable bonds is 3. The molecule has 2 aromatic rings. The fourth-order valence-corrected chi connectivity index (χ4v) is 3.50. The molecule has 3 nitrogen and oxygen atoms in total. The Labute approximate surface area is 160 Å². The molecule has 0 radical (unpaired) electrons. The van der Waals surface area contributed by atoms with Crippen LogP contribution >= 0.6 is 23.8 Å². The molecule has 1 saturated heterocycles. The lowest BCUT2D eigenvalue weighted by atomic mass is 10.1. The highest BCUT2D eigenvalue weighted by Gasteiger charge is 2.20. The molecule has 1 heterocycles. The summed E-state index contributed by atoms with van der Waals surface area (Å²) < 4.78 is 0. The van der Waals surface area contributed by atoms with Crippen molar-refractivity contribution in [3.05, 3.63) is 64.2 Å². The minimum Gasteiger partial charge on any atom is -0.368 e. The van der Waals surface area contributed by atoms with E-state index in [1.807, 2.05) is 24.3 Å². The van der Waals surface area contributed by atoms with Crippen LogP contribution in [0.25, 0.3) is 0 Å². The lowest BCUT2D eigenvalue weighted by molar-refractivity contribution is 0.380. The van der Waals surface area contributed by atoms with E-state index in [0.29, 0.717) is 0 Å². The number of hydrogen-bond acceptors (Lipinski definition) is 2. The zero-order valence-corrected chi connectivity index (χ0v) is 16.3. The number of anilines is 1. The maximum Gasteiger partial charge on any atom is 0.169 e. The van der Waals surface area contributed by atoms with Gasteiger partial charge in [-0.05, 0) is 61.0 Å². The number of aryl methyl sites for hydroxylation is 1. The van der Waals surface area contributed by atoms with E-state index in [0.717, 1.165) is 42.9 Å². The van der Waals surface area contributed by atoms with Crippen LogP contribution in [0, 0.1) is 13.8 Å². The summed E-state index contributed by atoms with van der Waals surface area (Å²) in [4.78, 5) is 4.72. The Hall–Kier alpha value is -1.78. The standard InChI is InChI=1S/C20H24ClN3S/c1-15-4-3-5-19(16(15)2)23-10-12-24(13-11-23)20(25)22-14-17-6-8-18(21)9-7-17/h3-9H,10-14H2,1-2H3,(H,22,25). The molecule has 0 bridgehead atoms. The molecule has 0 unspecified atom stereocenters. The second-order valence-corrected chi connectivity index (χ2v) is 7.30. The van der Waals surface area contributed by atoms with Crippen molar-refractivity contribution in [1.82, 2.24) is 10.2 Å². The predicted octanol–water partition coefficient (Wildman–Crippen LogP) is 4.15. The van der Waals surface area contributed by atoms with Crippen molar-refractivity contribution in [2.24, 2.45) is 0 Å². The van der Waals surface area contributed by atoms with Crippen molar-refractivity contribution in [2.75, 3.05) is 31.1 Å². The van der Waals surface area contributed by atoms with Gasteiger partial charge in [0, 0.05) is 43.4 Å². The third kappa shape index (κ3) is 4.44. The Morgan fingerprint density at radius 2 is 1.72 bits per heavy atom. The first-order chi connectivity index (χ1) is 12.0. The highest BCUT2D eigenvalue weighted by Crippen LogP contribution is 2.23. The molecule has 1 aliphatic rings. The smallest absolute Gasteiger partial charge is 0.169 e. The van der Waals surface area contributed by atoms with Gasteiger partial charge in [-0.25, -0.2) is 0 Å². The largest absolute Gasteiger partial charge is 0.368 e. The Kier molecular flexibility index (Phi) is 5.82. The van der Waals surface area contributed by atoms with Crippen LogP contribution in [0.3, 0.4) is 0 Å². The molecular weight excluding hydrogens is 350 g/mol. The van der Waals surface area contributed by atoms with Gasteiger partial charge in [0.25, 0.3) is 0 Å². The first-order valence-corrected chi connectivity index (χ1v) is 9.41. The van der Waals surface area contributed by atoms with Gasteiger partial charge in [0.1, 0.15) is 0 Å². The molecule has 1 aliphatic heterocycles. The van der Waals surface area contributed by atoms with Crippen LogP contribution < -0.4 is 10.2 Å². The van der Waals surface area contributed by atoms with Gasteiger partial charge in [0.15, 0.2) is 5.11 Å². The van der Waals surface area contributed by atoms with Crippen molar-refractivity contribution in [3.8, 4) is 0 Å². The number of nitrogens with zero attached hydrogens (tertiary/aromatic N) is 2. The summed E-state index contributed by atoms with van der Waals surface area (Å²) in [6.07, 6.45) is 0. The van der Waals surface area contributed by atoms with Gasteiger partial charge in [-0.1, -0.05) is 35.9 Å². The van der Waals surface area contributed by atoms with Crippen LogP contribution in [-0.4, -0.2) is 36.2 Å². The average molecular weight is 374 g/mol. The third-order valence-corrected chi connectivity index (χ3v) is 5.50. The number of piperazine rings is 1. The van der Waals surface area contributed by atoms with Gasteiger partial charge in [-0.2, -0.15) is 0 Å². The number of nitrogens with one attached hydrogen (secondary N) is 1. The maximum absolute atomic E-state index is 5.92. The topological polar surface area (TPSA) is 18.5 Å². The van der Waals surface area contributed by atoms with Gasteiger partial charge in [-0.15, -0.1) is 0 Å². The molecule has 25 heavy (non-hydrogen) atoms. The SMILES string of the molecule is Cc1cccc(N2CCN(C(=S)NCc3ccc(Cl)cc3)CC2)c1C. The van der Waals surface area contributed by atoms with Crippen molar-refractivity contribution >= 4 is 34.6 Å². The zero-order chi connectivity index (χ0) is 17.8. The minimum absolute atomic E-state index is 0.729. The van der Waals surface area contributed by atoms with Crippen LogP contribution in [-0.2, 0) is 6.54 Å². The fourth-order valence-electron chi connectivity index (χ4n) is 3.12. The van der Waals surface area contributed by atoms with E-state index >= 15 is 0 Å². The molecule has 0 atom stereocenters. The van der Waals surface area contributed by atoms with Gasteiger partial charge >= 0.3 is 0 Å².